The molecule has 0 aromatic heterocycles. The molecule has 1 atom stereocenters. The fraction of sp³-hybridized carbons (Fsp3) is 1.00. The lowest BCUT2D eigenvalue weighted by Gasteiger charge is -2.20. The molecule has 11 heavy (non-hydrogen) atoms. The van der Waals surface area contributed by atoms with Gasteiger partial charge in [0.05, 0.1) is 0 Å². The number of aliphatic hydroxyl groups is 1. The molecule has 1 nitrogen and oxygen atoms in total. The SMILES string of the molecule is CC(C)[C@H](C)CC(F)(F)CO. The predicted octanol–water partition coefficient (Wildman–Crippen LogP) is 2.30. The number of aliphatic hydroxyl groups excluding tert-OH is 1. The van der Waals surface area contributed by atoms with Crippen LogP contribution in [0, 0.1) is 11.8 Å². The molecule has 0 heterocycles. The topological polar surface area (TPSA) is 20.2 Å². The first kappa shape index (κ1) is 10.8. The van der Waals surface area contributed by atoms with Crippen LogP contribution in [0.4, 0.5) is 8.78 Å². The smallest absolute Gasteiger partial charge is 0.270 e. The van der Waals surface area contributed by atoms with E-state index < -0.39 is 12.5 Å². The molecule has 0 bridgehead atoms. The quantitative estimate of drug-likeness (QED) is 0.679. The van der Waals surface area contributed by atoms with Crippen molar-refractivity contribution in [3.8, 4) is 0 Å². The van der Waals surface area contributed by atoms with Crippen molar-refractivity contribution in [3.05, 3.63) is 0 Å². The van der Waals surface area contributed by atoms with E-state index in [1.165, 1.54) is 0 Å². The summed E-state index contributed by atoms with van der Waals surface area (Å²) in [5.74, 6) is -2.70. The van der Waals surface area contributed by atoms with Gasteiger partial charge in [0.2, 0.25) is 0 Å². The third kappa shape index (κ3) is 4.30. The van der Waals surface area contributed by atoms with E-state index in [4.69, 9.17) is 5.11 Å². The second-order valence-corrected chi connectivity index (χ2v) is 3.44. The highest BCUT2D eigenvalue weighted by Gasteiger charge is 2.30. The van der Waals surface area contributed by atoms with Gasteiger partial charge in [-0.1, -0.05) is 20.8 Å². The largest absolute Gasteiger partial charge is 0.390 e. The van der Waals surface area contributed by atoms with Gasteiger partial charge in [0.25, 0.3) is 5.92 Å². The summed E-state index contributed by atoms with van der Waals surface area (Å²) in [6.45, 7) is 4.54. The van der Waals surface area contributed by atoms with Crippen LogP contribution in [-0.4, -0.2) is 17.6 Å². The second-order valence-electron chi connectivity index (χ2n) is 3.44. The van der Waals surface area contributed by atoms with Crippen molar-refractivity contribution in [2.45, 2.75) is 33.1 Å². The molecule has 68 valence electrons. The number of hydrogen-bond acceptors (Lipinski definition) is 1. The zero-order valence-electron chi connectivity index (χ0n) is 7.27. The van der Waals surface area contributed by atoms with Crippen LogP contribution in [0.25, 0.3) is 0 Å². The molecule has 0 amide bonds. The van der Waals surface area contributed by atoms with E-state index in [2.05, 4.69) is 0 Å². The number of halogens is 2. The van der Waals surface area contributed by atoms with E-state index in [1.807, 2.05) is 13.8 Å². The fourth-order valence-corrected chi connectivity index (χ4v) is 0.771. The van der Waals surface area contributed by atoms with Crippen LogP contribution in [0.5, 0.6) is 0 Å². The molecule has 0 saturated heterocycles. The minimum atomic E-state index is -2.90. The van der Waals surface area contributed by atoms with Gasteiger partial charge in [-0.25, -0.2) is 8.78 Å². The zero-order valence-corrected chi connectivity index (χ0v) is 7.27. The zero-order chi connectivity index (χ0) is 9.07. The van der Waals surface area contributed by atoms with Crippen molar-refractivity contribution in [2.75, 3.05) is 6.61 Å². The molecular weight excluding hydrogens is 150 g/mol. The van der Waals surface area contributed by atoms with Crippen molar-refractivity contribution in [3.63, 3.8) is 0 Å². The minimum Gasteiger partial charge on any atom is -0.390 e. The van der Waals surface area contributed by atoms with Gasteiger partial charge < -0.3 is 5.11 Å². The van der Waals surface area contributed by atoms with Gasteiger partial charge in [-0.05, 0) is 11.8 Å². The van der Waals surface area contributed by atoms with Gasteiger partial charge in [-0.2, -0.15) is 0 Å². The summed E-state index contributed by atoms with van der Waals surface area (Å²) < 4.78 is 25.0. The van der Waals surface area contributed by atoms with E-state index in [0.29, 0.717) is 0 Å². The normalized spacial score (nSPS) is 15.5. The molecule has 0 aliphatic carbocycles. The Hall–Kier alpha value is -0.180. The van der Waals surface area contributed by atoms with Crippen LogP contribution in [0.1, 0.15) is 27.2 Å². The van der Waals surface area contributed by atoms with E-state index in [0.717, 1.165) is 0 Å². The highest BCUT2D eigenvalue weighted by atomic mass is 19.3. The summed E-state index contributed by atoms with van der Waals surface area (Å²) in [5.41, 5.74) is 0. The molecule has 0 aromatic rings. The average molecular weight is 166 g/mol. The van der Waals surface area contributed by atoms with Crippen LogP contribution in [0.15, 0.2) is 0 Å². The van der Waals surface area contributed by atoms with Gasteiger partial charge in [0.15, 0.2) is 0 Å². The Labute approximate surface area is 66.4 Å². The van der Waals surface area contributed by atoms with Gasteiger partial charge >= 0.3 is 0 Å². The summed E-state index contributed by atoms with van der Waals surface area (Å²) in [5, 5.41) is 8.27. The Morgan fingerprint density at radius 3 is 2.00 bits per heavy atom. The Morgan fingerprint density at radius 2 is 1.73 bits per heavy atom. The summed E-state index contributed by atoms with van der Waals surface area (Å²) in [6, 6.07) is 0. The summed E-state index contributed by atoms with van der Waals surface area (Å²) in [4.78, 5) is 0. The molecule has 3 heteroatoms. The van der Waals surface area contributed by atoms with Gasteiger partial charge in [0, 0.05) is 6.42 Å². The van der Waals surface area contributed by atoms with Crippen LogP contribution < -0.4 is 0 Å². The van der Waals surface area contributed by atoms with Crippen LogP contribution >= 0.6 is 0 Å². The second kappa shape index (κ2) is 4.00. The molecule has 0 aromatic carbocycles. The minimum absolute atomic E-state index is 0.0443. The molecule has 0 aliphatic heterocycles. The Morgan fingerprint density at radius 1 is 1.27 bits per heavy atom. The first-order chi connectivity index (χ1) is 4.89. The third-order valence-corrected chi connectivity index (χ3v) is 1.99. The molecule has 0 radical (unpaired) electrons. The summed E-state index contributed by atoms with van der Waals surface area (Å²) in [6.07, 6.45) is -0.221. The summed E-state index contributed by atoms with van der Waals surface area (Å²) in [7, 11) is 0. The predicted molar refractivity (Wildman–Crippen MR) is 40.7 cm³/mol. The fourth-order valence-electron chi connectivity index (χ4n) is 0.771. The lowest BCUT2D eigenvalue weighted by atomic mass is 9.92. The van der Waals surface area contributed by atoms with E-state index >= 15 is 0 Å². The first-order valence-electron chi connectivity index (χ1n) is 3.87. The molecule has 0 fully saturated rings. The van der Waals surface area contributed by atoms with Crippen molar-refractivity contribution in [1.29, 1.82) is 0 Å². The lowest BCUT2D eigenvalue weighted by Crippen LogP contribution is -2.26. The van der Waals surface area contributed by atoms with E-state index in [-0.39, 0.29) is 18.3 Å². The lowest BCUT2D eigenvalue weighted by molar-refractivity contribution is -0.0699. The molecule has 0 saturated carbocycles. The first-order valence-corrected chi connectivity index (χ1v) is 3.87. The Kier molecular flexibility index (Phi) is 3.93. The molecule has 0 unspecified atom stereocenters. The maximum Gasteiger partial charge on any atom is 0.270 e. The molecular formula is C8H16F2O. The maximum absolute atomic E-state index is 12.5. The van der Waals surface area contributed by atoms with Gasteiger partial charge in [-0.3, -0.25) is 0 Å². The molecule has 0 spiro atoms. The number of rotatable bonds is 4. The average Bonchev–Trinajstić information content (AvgIpc) is 1.87. The van der Waals surface area contributed by atoms with Crippen molar-refractivity contribution in [2.24, 2.45) is 11.8 Å². The van der Waals surface area contributed by atoms with E-state index in [1.54, 1.807) is 6.92 Å². The Balaban J connectivity index is 3.83. The van der Waals surface area contributed by atoms with Crippen LogP contribution in [0.2, 0.25) is 0 Å². The third-order valence-electron chi connectivity index (χ3n) is 1.99. The number of hydrogen-bond donors (Lipinski definition) is 1. The number of alkyl halides is 2. The molecule has 0 rings (SSSR count). The highest BCUT2D eigenvalue weighted by Crippen LogP contribution is 2.26. The van der Waals surface area contributed by atoms with Gasteiger partial charge in [0.1, 0.15) is 6.61 Å². The standard InChI is InChI=1S/C8H16F2O/c1-6(2)7(3)4-8(9,10)5-11/h6-7,11H,4-5H2,1-3H3/t7-/m1/s1. The highest BCUT2D eigenvalue weighted by molar-refractivity contribution is 4.70. The monoisotopic (exact) mass is 166 g/mol. The molecule has 1 N–H and O–H groups in total. The maximum atomic E-state index is 12.5. The van der Waals surface area contributed by atoms with Gasteiger partial charge in [-0.15, -0.1) is 0 Å². The van der Waals surface area contributed by atoms with E-state index in [9.17, 15) is 8.78 Å². The van der Waals surface area contributed by atoms with Crippen molar-refractivity contribution < 1.29 is 13.9 Å². The van der Waals surface area contributed by atoms with Crippen LogP contribution in [-0.2, 0) is 0 Å². The van der Waals surface area contributed by atoms with Crippen molar-refractivity contribution in [1.82, 2.24) is 0 Å². The van der Waals surface area contributed by atoms with Crippen molar-refractivity contribution >= 4 is 0 Å². The Bertz CT molecular complexity index is 113. The van der Waals surface area contributed by atoms with Crippen LogP contribution in [0.3, 0.4) is 0 Å². The molecule has 0 aliphatic rings. The summed E-state index contributed by atoms with van der Waals surface area (Å²) >= 11 is 0.